The number of halogens is 1. The number of carbonyl (C=O) groups is 1. The summed E-state index contributed by atoms with van der Waals surface area (Å²) in [7, 11) is 0. The molecule has 6 nitrogen and oxygen atoms in total. The van der Waals surface area contributed by atoms with E-state index in [0.717, 1.165) is 17.0 Å². The number of aromatic nitrogens is 3. The van der Waals surface area contributed by atoms with Gasteiger partial charge in [-0.3, -0.25) is 9.36 Å². The van der Waals surface area contributed by atoms with Crippen LogP contribution in [-0.4, -0.2) is 27.0 Å². The Balaban J connectivity index is 1.67. The van der Waals surface area contributed by atoms with Gasteiger partial charge >= 0.3 is 5.69 Å². The number of hydrogen-bond acceptors (Lipinski definition) is 3. The summed E-state index contributed by atoms with van der Waals surface area (Å²) in [5.74, 6) is -0.511. The molecule has 136 valence electrons. The van der Waals surface area contributed by atoms with Gasteiger partial charge in [0.15, 0.2) is 0 Å². The van der Waals surface area contributed by atoms with E-state index in [1.165, 1.54) is 10.6 Å². The molecule has 3 rings (SSSR count). The summed E-state index contributed by atoms with van der Waals surface area (Å²) in [6.07, 6.45) is 0.148. The third-order valence-electron chi connectivity index (χ3n) is 4.45. The van der Waals surface area contributed by atoms with E-state index in [1.807, 2.05) is 19.9 Å². The number of nitrogens with zero attached hydrogens (tertiary/aromatic N) is 2. The van der Waals surface area contributed by atoms with Crippen molar-refractivity contribution in [3.8, 4) is 0 Å². The minimum absolute atomic E-state index is 0.148. The number of para-hydroxylation sites is 1. The highest BCUT2D eigenvalue weighted by Gasteiger charge is 2.14. The van der Waals surface area contributed by atoms with Crippen LogP contribution in [0.15, 0.2) is 29.1 Å². The summed E-state index contributed by atoms with van der Waals surface area (Å²) in [6.45, 7) is 6.10. The van der Waals surface area contributed by atoms with Gasteiger partial charge in [-0.15, -0.1) is 0 Å². The Bertz CT molecular complexity index is 1040. The van der Waals surface area contributed by atoms with Gasteiger partial charge in [0.25, 0.3) is 0 Å². The summed E-state index contributed by atoms with van der Waals surface area (Å²) in [6, 6.07) is 6.64. The molecule has 0 saturated carbocycles. The van der Waals surface area contributed by atoms with E-state index in [-0.39, 0.29) is 23.8 Å². The number of nitrogens with one attached hydrogen (secondary N) is 2. The maximum absolute atomic E-state index is 13.8. The van der Waals surface area contributed by atoms with Gasteiger partial charge in [0, 0.05) is 35.6 Å². The van der Waals surface area contributed by atoms with Gasteiger partial charge in [-0.05, 0) is 38.5 Å². The highest BCUT2D eigenvalue weighted by Crippen LogP contribution is 2.24. The molecule has 3 aromatic rings. The van der Waals surface area contributed by atoms with Crippen molar-refractivity contribution >= 4 is 16.8 Å². The molecule has 2 aromatic heterocycles. The second kappa shape index (κ2) is 7.11. The molecule has 7 heteroatoms. The first-order valence-electron chi connectivity index (χ1n) is 8.44. The van der Waals surface area contributed by atoms with Crippen LogP contribution in [0.25, 0.3) is 10.9 Å². The average Bonchev–Trinajstić information content (AvgIpc) is 2.87. The summed E-state index contributed by atoms with van der Waals surface area (Å²) in [5, 5.41) is 3.53. The van der Waals surface area contributed by atoms with Crippen molar-refractivity contribution in [1.29, 1.82) is 0 Å². The van der Waals surface area contributed by atoms with Crippen LogP contribution in [0, 0.1) is 26.6 Å². The Morgan fingerprint density at radius 3 is 2.81 bits per heavy atom. The fraction of sp³-hybridized carbons (Fsp3) is 0.316. The van der Waals surface area contributed by atoms with E-state index in [1.54, 1.807) is 19.1 Å². The second-order valence-electron chi connectivity index (χ2n) is 6.39. The Morgan fingerprint density at radius 1 is 1.31 bits per heavy atom. The molecular weight excluding hydrogens is 335 g/mol. The van der Waals surface area contributed by atoms with Crippen molar-refractivity contribution in [1.82, 2.24) is 19.9 Å². The number of fused-ring (bicyclic) bond motifs is 1. The monoisotopic (exact) mass is 356 g/mol. The molecule has 2 N–H and O–H groups in total. The number of hydrogen-bond donors (Lipinski definition) is 2. The van der Waals surface area contributed by atoms with E-state index in [2.05, 4.69) is 15.3 Å². The van der Waals surface area contributed by atoms with Gasteiger partial charge in [-0.2, -0.15) is 4.98 Å². The normalized spacial score (nSPS) is 11.1. The maximum Gasteiger partial charge on any atom is 0.348 e. The van der Waals surface area contributed by atoms with Crippen LogP contribution in [-0.2, 0) is 17.8 Å². The first-order valence-corrected chi connectivity index (χ1v) is 8.44. The molecule has 0 aliphatic rings. The van der Waals surface area contributed by atoms with E-state index < -0.39 is 0 Å². The zero-order valence-electron chi connectivity index (χ0n) is 15.0. The molecule has 1 amide bonds. The number of benzene rings is 1. The molecule has 0 aliphatic heterocycles. The molecule has 1 aromatic carbocycles. The van der Waals surface area contributed by atoms with Crippen molar-refractivity contribution in [3.05, 3.63) is 63.2 Å². The first kappa shape index (κ1) is 17.8. The molecule has 0 radical (unpaired) electrons. The number of amides is 1. The van der Waals surface area contributed by atoms with Crippen molar-refractivity contribution in [2.45, 2.75) is 33.7 Å². The number of aryl methyl sites for hydroxylation is 3. The van der Waals surface area contributed by atoms with Gasteiger partial charge in [0.2, 0.25) is 5.91 Å². The lowest BCUT2D eigenvalue weighted by Crippen LogP contribution is -2.33. The zero-order chi connectivity index (χ0) is 18.8. The van der Waals surface area contributed by atoms with E-state index in [9.17, 15) is 14.0 Å². The van der Waals surface area contributed by atoms with Gasteiger partial charge in [0.05, 0.1) is 11.9 Å². The van der Waals surface area contributed by atoms with Crippen molar-refractivity contribution < 1.29 is 9.18 Å². The molecule has 2 heterocycles. The Hall–Kier alpha value is -2.96. The highest BCUT2D eigenvalue weighted by atomic mass is 19.1. The number of aromatic amines is 1. The van der Waals surface area contributed by atoms with Crippen LogP contribution in [0.2, 0.25) is 0 Å². The van der Waals surface area contributed by atoms with E-state index >= 15 is 0 Å². The third kappa shape index (κ3) is 3.51. The minimum atomic E-state index is -0.334. The Kier molecular flexibility index (Phi) is 4.88. The Morgan fingerprint density at radius 2 is 2.08 bits per heavy atom. The lowest BCUT2D eigenvalue weighted by Gasteiger charge is -2.10. The zero-order valence-corrected chi connectivity index (χ0v) is 15.0. The summed E-state index contributed by atoms with van der Waals surface area (Å²) >= 11 is 0. The van der Waals surface area contributed by atoms with Gasteiger partial charge in [-0.25, -0.2) is 9.18 Å². The molecular formula is C19H21FN4O2. The molecule has 0 unspecified atom stereocenters. The molecule has 0 saturated heterocycles. The van der Waals surface area contributed by atoms with Crippen molar-refractivity contribution in [2.75, 3.05) is 6.54 Å². The predicted molar refractivity (Wildman–Crippen MR) is 97.7 cm³/mol. The van der Waals surface area contributed by atoms with E-state index in [0.29, 0.717) is 29.7 Å². The van der Waals surface area contributed by atoms with Crippen LogP contribution in [0.3, 0.4) is 0 Å². The molecule has 0 fully saturated rings. The van der Waals surface area contributed by atoms with Gasteiger partial charge in [0.1, 0.15) is 5.82 Å². The largest absolute Gasteiger partial charge is 0.356 e. The smallest absolute Gasteiger partial charge is 0.348 e. The van der Waals surface area contributed by atoms with Crippen LogP contribution in [0.1, 0.15) is 22.6 Å². The van der Waals surface area contributed by atoms with Crippen molar-refractivity contribution in [3.63, 3.8) is 0 Å². The first-order chi connectivity index (χ1) is 12.4. The summed E-state index contributed by atoms with van der Waals surface area (Å²) in [4.78, 5) is 31.1. The number of carbonyl (C=O) groups excluding carboxylic acids is 1. The molecule has 26 heavy (non-hydrogen) atoms. The second-order valence-corrected chi connectivity index (χ2v) is 6.39. The number of H-pyrrole nitrogens is 1. The summed E-state index contributed by atoms with van der Waals surface area (Å²) < 4.78 is 15.4. The predicted octanol–water partition coefficient (Wildman–Crippen LogP) is 2.15. The standard InChI is InChI=1S/C19H21FN4O2/c1-11-9-12(2)24(19(26)22-11)8-7-21-17(25)10-15-13(3)23-18-14(15)5-4-6-16(18)20/h4-6,9,23H,7-8,10H2,1-3H3,(H,21,25). The molecule has 0 aliphatic carbocycles. The van der Waals surface area contributed by atoms with Crippen LogP contribution in [0.5, 0.6) is 0 Å². The van der Waals surface area contributed by atoms with Crippen molar-refractivity contribution in [2.24, 2.45) is 0 Å². The molecule has 0 spiro atoms. The van der Waals surface area contributed by atoms with Crippen LogP contribution in [0.4, 0.5) is 4.39 Å². The highest BCUT2D eigenvalue weighted by molar-refractivity contribution is 5.90. The van der Waals surface area contributed by atoms with Gasteiger partial charge < -0.3 is 10.3 Å². The summed E-state index contributed by atoms with van der Waals surface area (Å²) in [5.41, 5.74) is 3.13. The van der Waals surface area contributed by atoms with E-state index in [4.69, 9.17) is 0 Å². The van der Waals surface area contributed by atoms with Crippen LogP contribution < -0.4 is 11.0 Å². The van der Waals surface area contributed by atoms with Crippen LogP contribution >= 0.6 is 0 Å². The minimum Gasteiger partial charge on any atom is -0.356 e. The average molecular weight is 356 g/mol. The lowest BCUT2D eigenvalue weighted by atomic mass is 10.1. The molecule has 0 atom stereocenters. The molecule has 0 bridgehead atoms. The number of rotatable bonds is 5. The fourth-order valence-corrected chi connectivity index (χ4v) is 3.17. The third-order valence-corrected chi connectivity index (χ3v) is 4.45. The fourth-order valence-electron chi connectivity index (χ4n) is 3.17. The Labute approximate surface area is 150 Å². The SMILES string of the molecule is Cc1cc(C)n(CCNC(=O)Cc2c(C)[nH]c3c(F)cccc23)c(=O)n1. The maximum atomic E-state index is 13.8. The quantitative estimate of drug-likeness (QED) is 0.735. The lowest BCUT2D eigenvalue weighted by molar-refractivity contribution is -0.120. The van der Waals surface area contributed by atoms with Gasteiger partial charge in [-0.1, -0.05) is 12.1 Å². The topological polar surface area (TPSA) is 79.8 Å².